The van der Waals surface area contributed by atoms with E-state index in [2.05, 4.69) is 5.32 Å². The van der Waals surface area contributed by atoms with Crippen molar-refractivity contribution in [2.45, 2.75) is 6.54 Å². The minimum absolute atomic E-state index is 0.0855. The first kappa shape index (κ1) is 14.5. The van der Waals surface area contributed by atoms with Gasteiger partial charge in [-0.2, -0.15) is 0 Å². The van der Waals surface area contributed by atoms with Crippen molar-refractivity contribution in [3.05, 3.63) is 59.8 Å². The third kappa shape index (κ3) is 3.07. The number of nitrogens with one attached hydrogen (secondary N) is 1. The third-order valence-electron chi connectivity index (χ3n) is 3.42. The van der Waals surface area contributed by atoms with Gasteiger partial charge in [-0.05, 0) is 48.5 Å². The highest BCUT2D eigenvalue weighted by molar-refractivity contribution is 6.31. The lowest BCUT2D eigenvalue weighted by Crippen LogP contribution is -2.18. The summed E-state index contributed by atoms with van der Waals surface area (Å²) in [5.41, 5.74) is 1.72. The van der Waals surface area contributed by atoms with Gasteiger partial charge in [0.25, 0.3) is 0 Å². The number of amides is 1. The molecule has 112 valence electrons. The second-order valence-corrected chi connectivity index (χ2v) is 5.36. The van der Waals surface area contributed by atoms with E-state index in [1.165, 1.54) is 0 Å². The van der Waals surface area contributed by atoms with Crippen LogP contribution < -0.4 is 10.1 Å². The zero-order chi connectivity index (χ0) is 15.5. The molecule has 0 saturated heterocycles. The Morgan fingerprint density at radius 2 is 1.95 bits per heavy atom. The van der Waals surface area contributed by atoms with Gasteiger partial charge in [0.15, 0.2) is 0 Å². The van der Waals surface area contributed by atoms with Crippen molar-refractivity contribution in [1.29, 1.82) is 0 Å². The molecule has 0 radical (unpaired) electrons. The molecule has 1 N–H and O–H groups in total. The number of halogens is 1. The summed E-state index contributed by atoms with van der Waals surface area (Å²) in [7, 11) is 1.61. The van der Waals surface area contributed by atoms with Crippen LogP contribution in [0.2, 0.25) is 5.02 Å². The Morgan fingerprint density at radius 1 is 1.18 bits per heavy atom. The van der Waals surface area contributed by atoms with Gasteiger partial charge in [0.1, 0.15) is 12.3 Å². The first-order chi connectivity index (χ1) is 10.7. The minimum atomic E-state index is -0.0855. The number of rotatable bonds is 4. The summed E-state index contributed by atoms with van der Waals surface area (Å²) in [6.07, 6.45) is 1.88. The van der Waals surface area contributed by atoms with Crippen LogP contribution in [0, 0.1) is 0 Å². The topological polar surface area (TPSA) is 43.3 Å². The van der Waals surface area contributed by atoms with Gasteiger partial charge >= 0.3 is 0 Å². The van der Waals surface area contributed by atoms with E-state index in [4.69, 9.17) is 16.3 Å². The number of ether oxygens (including phenoxy) is 1. The van der Waals surface area contributed by atoms with Crippen LogP contribution in [0.1, 0.15) is 0 Å². The predicted molar refractivity (Wildman–Crippen MR) is 88.6 cm³/mol. The van der Waals surface area contributed by atoms with E-state index in [0.29, 0.717) is 5.02 Å². The molecule has 3 aromatic rings. The van der Waals surface area contributed by atoms with Gasteiger partial charge in [-0.25, -0.2) is 0 Å². The highest BCUT2D eigenvalue weighted by atomic mass is 35.5. The summed E-state index contributed by atoms with van der Waals surface area (Å²) in [4.78, 5) is 12.2. The monoisotopic (exact) mass is 314 g/mol. The molecule has 1 amide bonds. The smallest absolute Gasteiger partial charge is 0.244 e. The van der Waals surface area contributed by atoms with Crippen molar-refractivity contribution in [2.24, 2.45) is 0 Å². The first-order valence-electron chi connectivity index (χ1n) is 6.84. The second-order valence-electron chi connectivity index (χ2n) is 4.92. The van der Waals surface area contributed by atoms with Gasteiger partial charge in [0.05, 0.1) is 7.11 Å². The van der Waals surface area contributed by atoms with Crippen LogP contribution in [-0.2, 0) is 11.3 Å². The molecular weight excluding hydrogens is 300 g/mol. The Hall–Kier alpha value is -2.46. The number of hydrogen-bond donors (Lipinski definition) is 1. The number of fused-ring (bicyclic) bond motifs is 1. The van der Waals surface area contributed by atoms with Crippen molar-refractivity contribution in [2.75, 3.05) is 12.4 Å². The third-order valence-corrected chi connectivity index (χ3v) is 3.66. The van der Waals surface area contributed by atoms with E-state index in [-0.39, 0.29) is 12.5 Å². The summed E-state index contributed by atoms with van der Waals surface area (Å²) in [5, 5.41) is 4.57. The van der Waals surface area contributed by atoms with Crippen molar-refractivity contribution in [3.63, 3.8) is 0 Å². The summed E-state index contributed by atoms with van der Waals surface area (Å²) < 4.78 is 6.98. The molecule has 2 aromatic carbocycles. The Morgan fingerprint density at radius 3 is 2.68 bits per heavy atom. The van der Waals surface area contributed by atoms with Crippen LogP contribution in [0.3, 0.4) is 0 Å². The molecule has 0 aliphatic heterocycles. The van der Waals surface area contributed by atoms with Gasteiger partial charge in [0.2, 0.25) is 5.91 Å². The van der Waals surface area contributed by atoms with E-state index >= 15 is 0 Å². The molecule has 0 aliphatic rings. The number of aromatic nitrogens is 1. The molecule has 0 fully saturated rings. The van der Waals surface area contributed by atoms with Crippen LogP contribution in [0.15, 0.2) is 54.7 Å². The average molecular weight is 315 g/mol. The molecule has 5 heteroatoms. The van der Waals surface area contributed by atoms with E-state index in [0.717, 1.165) is 22.3 Å². The number of benzene rings is 2. The van der Waals surface area contributed by atoms with E-state index in [1.807, 2.05) is 59.3 Å². The van der Waals surface area contributed by atoms with Crippen molar-refractivity contribution < 1.29 is 9.53 Å². The van der Waals surface area contributed by atoms with Crippen LogP contribution in [0.25, 0.3) is 10.9 Å². The largest absolute Gasteiger partial charge is 0.497 e. The first-order valence-corrected chi connectivity index (χ1v) is 7.22. The molecule has 0 spiro atoms. The van der Waals surface area contributed by atoms with Gasteiger partial charge in [-0.3, -0.25) is 4.79 Å². The van der Waals surface area contributed by atoms with Crippen LogP contribution in [0.5, 0.6) is 5.75 Å². The number of carbonyl (C=O) groups is 1. The Kier molecular flexibility index (Phi) is 4.02. The number of anilines is 1. The summed E-state index contributed by atoms with van der Waals surface area (Å²) in [6, 6.07) is 14.8. The van der Waals surface area contributed by atoms with Gasteiger partial charge in [-0.15, -0.1) is 0 Å². The zero-order valence-electron chi connectivity index (χ0n) is 12.0. The molecule has 0 unspecified atom stereocenters. The molecule has 0 atom stereocenters. The van der Waals surface area contributed by atoms with Crippen LogP contribution >= 0.6 is 11.6 Å². The SMILES string of the molecule is COc1ccc(NC(=O)Cn2ccc3cc(Cl)ccc32)cc1. The Labute approximate surface area is 133 Å². The summed E-state index contributed by atoms with van der Waals surface area (Å²) in [5.74, 6) is 0.670. The highest BCUT2D eigenvalue weighted by Crippen LogP contribution is 2.21. The lowest BCUT2D eigenvalue weighted by Gasteiger charge is -2.08. The van der Waals surface area contributed by atoms with Crippen molar-refractivity contribution >= 4 is 34.1 Å². The van der Waals surface area contributed by atoms with Gasteiger partial charge in [0, 0.05) is 27.8 Å². The Bertz CT molecular complexity index is 809. The molecule has 22 heavy (non-hydrogen) atoms. The zero-order valence-corrected chi connectivity index (χ0v) is 12.8. The lowest BCUT2D eigenvalue weighted by molar-refractivity contribution is -0.116. The standard InChI is InChI=1S/C17H15ClN2O2/c1-22-15-5-3-14(4-6-15)19-17(21)11-20-9-8-12-10-13(18)2-7-16(12)20/h2-10H,11H2,1H3,(H,19,21). The number of nitrogens with zero attached hydrogens (tertiary/aromatic N) is 1. The number of carbonyl (C=O) groups excluding carboxylic acids is 1. The maximum atomic E-state index is 12.2. The number of hydrogen-bond acceptors (Lipinski definition) is 2. The molecule has 0 bridgehead atoms. The quantitative estimate of drug-likeness (QED) is 0.792. The lowest BCUT2D eigenvalue weighted by atomic mass is 10.2. The van der Waals surface area contributed by atoms with E-state index in [9.17, 15) is 4.79 Å². The van der Waals surface area contributed by atoms with Crippen LogP contribution in [0.4, 0.5) is 5.69 Å². The molecule has 0 aliphatic carbocycles. The maximum absolute atomic E-state index is 12.2. The predicted octanol–water partition coefficient (Wildman–Crippen LogP) is 3.94. The van der Waals surface area contributed by atoms with Gasteiger partial charge < -0.3 is 14.6 Å². The minimum Gasteiger partial charge on any atom is -0.497 e. The molecule has 3 rings (SSSR count). The molecule has 4 nitrogen and oxygen atoms in total. The summed E-state index contributed by atoms with van der Waals surface area (Å²) >= 11 is 5.97. The van der Waals surface area contributed by atoms with E-state index < -0.39 is 0 Å². The fourth-order valence-corrected chi connectivity index (χ4v) is 2.52. The fourth-order valence-electron chi connectivity index (χ4n) is 2.34. The van der Waals surface area contributed by atoms with E-state index in [1.54, 1.807) is 7.11 Å². The average Bonchev–Trinajstić information content (AvgIpc) is 2.90. The molecular formula is C17H15ClN2O2. The normalized spacial score (nSPS) is 10.6. The fraction of sp³-hybridized carbons (Fsp3) is 0.118. The molecule has 1 aromatic heterocycles. The summed E-state index contributed by atoms with van der Waals surface area (Å²) in [6.45, 7) is 0.247. The highest BCUT2D eigenvalue weighted by Gasteiger charge is 2.07. The molecule has 1 heterocycles. The van der Waals surface area contributed by atoms with Crippen LogP contribution in [-0.4, -0.2) is 17.6 Å². The Balaban J connectivity index is 1.72. The van der Waals surface area contributed by atoms with Crippen molar-refractivity contribution in [3.8, 4) is 5.75 Å². The van der Waals surface area contributed by atoms with Gasteiger partial charge in [-0.1, -0.05) is 11.6 Å². The maximum Gasteiger partial charge on any atom is 0.244 e. The second kappa shape index (κ2) is 6.12. The number of methoxy groups -OCH3 is 1. The van der Waals surface area contributed by atoms with Crippen molar-refractivity contribution in [1.82, 2.24) is 4.57 Å². The molecule has 0 saturated carbocycles.